The van der Waals surface area contributed by atoms with Crippen LogP contribution >= 0.6 is 0 Å². The smallest absolute Gasteiger partial charge is 0.224 e. The first-order valence-corrected chi connectivity index (χ1v) is 11.2. The van der Waals surface area contributed by atoms with Crippen LogP contribution in [0, 0.1) is 5.92 Å². The number of hydrogen-bond acceptors (Lipinski definition) is 6. The molecule has 7 nitrogen and oxygen atoms in total. The van der Waals surface area contributed by atoms with Gasteiger partial charge in [0, 0.05) is 12.3 Å². The molecule has 0 aromatic heterocycles. The number of benzene rings is 2. The van der Waals surface area contributed by atoms with Crippen molar-refractivity contribution >= 4 is 17.5 Å². The molecule has 0 spiro atoms. The summed E-state index contributed by atoms with van der Waals surface area (Å²) in [7, 11) is 1.58. The van der Waals surface area contributed by atoms with E-state index in [1.54, 1.807) is 21.0 Å². The number of nitrogens with one attached hydrogen (secondary N) is 1. The third-order valence-electron chi connectivity index (χ3n) is 5.98. The molecule has 33 heavy (non-hydrogen) atoms. The molecular formula is C26H32N2O5. The van der Waals surface area contributed by atoms with E-state index in [1.807, 2.05) is 54.6 Å². The molecule has 2 aromatic carbocycles. The van der Waals surface area contributed by atoms with Gasteiger partial charge in [-0.2, -0.15) is 0 Å². The maximum absolute atomic E-state index is 13.4. The normalized spacial score (nSPS) is 19.8. The van der Waals surface area contributed by atoms with Crippen LogP contribution in [0.5, 0.6) is 5.75 Å². The molecule has 4 atom stereocenters. The molecule has 7 heteroatoms. The van der Waals surface area contributed by atoms with Crippen LogP contribution in [0.2, 0.25) is 0 Å². The zero-order valence-corrected chi connectivity index (χ0v) is 19.4. The molecule has 2 aromatic rings. The molecule has 1 fully saturated rings. The third-order valence-corrected chi connectivity index (χ3v) is 5.98. The van der Waals surface area contributed by atoms with Crippen molar-refractivity contribution in [1.29, 1.82) is 0 Å². The van der Waals surface area contributed by atoms with Crippen LogP contribution in [-0.4, -0.2) is 48.9 Å². The number of amides is 1. The van der Waals surface area contributed by atoms with Crippen molar-refractivity contribution in [3.63, 3.8) is 0 Å². The minimum Gasteiger partial charge on any atom is -0.497 e. The van der Waals surface area contributed by atoms with E-state index in [2.05, 4.69) is 5.32 Å². The molecular weight excluding hydrogens is 420 g/mol. The van der Waals surface area contributed by atoms with Crippen LogP contribution in [-0.2, 0) is 32.0 Å². The van der Waals surface area contributed by atoms with Gasteiger partial charge in [0.05, 0.1) is 25.8 Å². The molecule has 3 rings (SSSR count). The lowest BCUT2D eigenvalue weighted by molar-refractivity contribution is -0.133. The van der Waals surface area contributed by atoms with Crippen molar-refractivity contribution in [3.8, 4) is 5.75 Å². The molecule has 1 aliphatic rings. The van der Waals surface area contributed by atoms with Crippen LogP contribution in [0.25, 0.3) is 0 Å². The van der Waals surface area contributed by atoms with Gasteiger partial charge < -0.3 is 20.5 Å². The van der Waals surface area contributed by atoms with E-state index in [4.69, 9.17) is 15.2 Å². The molecule has 0 aliphatic carbocycles. The highest BCUT2D eigenvalue weighted by Gasteiger charge is 2.50. The van der Waals surface area contributed by atoms with Crippen molar-refractivity contribution in [1.82, 2.24) is 5.32 Å². The van der Waals surface area contributed by atoms with E-state index < -0.39 is 23.6 Å². The predicted molar refractivity (Wildman–Crippen MR) is 125 cm³/mol. The molecule has 3 N–H and O–H groups in total. The molecule has 1 amide bonds. The van der Waals surface area contributed by atoms with Gasteiger partial charge in [0.2, 0.25) is 5.91 Å². The molecule has 0 saturated carbocycles. The summed E-state index contributed by atoms with van der Waals surface area (Å²) in [5, 5.41) is 2.91. The number of methoxy groups -OCH3 is 1. The highest BCUT2D eigenvalue weighted by Crippen LogP contribution is 2.29. The van der Waals surface area contributed by atoms with Gasteiger partial charge in [-0.05, 0) is 49.9 Å². The summed E-state index contributed by atoms with van der Waals surface area (Å²) >= 11 is 0. The van der Waals surface area contributed by atoms with Gasteiger partial charge in [0.25, 0.3) is 0 Å². The fourth-order valence-electron chi connectivity index (χ4n) is 3.70. The summed E-state index contributed by atoms with van der Waals surface area (Å²) in [4.78, 5) is 38.9. The van der Waals surface area contributed by atoms with Crippen LogP contribution in [0.3, 0.4) is 0 Å². The van der Waals surface area contributed by atoms with E-state index in [0.29, 0.717) is 25.2 Å². The van der Waals surface area contributed by atoms with Crippen molar-refractivity contribution < 1.29 is 23.9 Å². The first-order valence-electron chi connectivity index (χ1n) is 11.2. The molecule has 1 unspecified atom stereocenters. The number of carbonyl (C=O) groups excluding carboxylic acids is 3. The summed E-state index contributed by atoms with van der Waals surface area (Å²) in [6.07, 6.45) is 0.685. The Bertz CT molecular complexity index is 968. The van der Waals surface area contributed by atoms with Gasteiger partial charge in [0.1, 0.15) is 17.1 Å². The Labute approximate surface area is 194 Å². The number of nitrogens with two attached hydrogens (primary N) is 1. The third kappa shape index (κ3) is 6.73. The van der Waals surface area contributed by atoms with Gasteiger partial charge >= 0.3 is 0 Å². The van der Waals surface area contributed by atoms with Gasteiger partial charge in [-0.15, -0.1) is 0 Å². The zero-order valence-electron chi connectivity index (χ0n) is 19.4. The highest BCUT2D eigenvalue weighted by molar-refractivity contribution is 5.97. The van der Waals surface area contributed by atoms with Gasteiger partial charge in [-0.3, -0.25) is 14.4 Å². The Morgan fingerprint density at radius 3 is 2.21 bits per heavy atom. The molecule has 0 radical (unpaired) electrons. The first-order chi connectivity index (χ1) is 15.7. The van der Waals surface area contributed by atoms with Crippen molar-refractivity contribution in [3.05, 3.63) is 65.7 Å². The summed E-state index contributed by atoms with van der Waals surface area (Å²) in [6.45, 7) is 3.68. The lowest BCUT2D eigenvalue weighted by Gasteiger charge is -2.24. The number of Topliss-reactive ketones (excluding diaryl/α,β-unsaturated/α-hetero) is 2. The second kappa shape index (κ2) is 10.7. The zero-order chi connectivity index (χ0) is 24.0. The summed E-state index contributed by atoms with van der Waals surface area (Å²) in [6, 6.07) is 15.4. The first kappa shape index (κ1) is 24.6. The Hall–Kier alpha value is -3.03. The van der Waals surface area contributed by atoms with Crippen molar-refractivity contribution in [2.45, 2.75) is 50.8 Å². The average molecular weight is 453 g/mol. The van der Waals surface area contributed by atoms with Crippen molar-refractivity contribution in [2.75, 3.05) is 13.7 Å². The number of hydrogen-bond donors (Lipinski definition) is 2. The number of carbonyl (C=O) groups is 3. The summed E-state index contributed by atoms with van der Waals surface area (Å²) in [5.74, 6) is -0.666. The highest BCUT2D eigenvalue weighted by atomic mass is 16.6. The SMILES string of the molecule is COc1ccc(C[C@H](CC(=O)C(C)N)C(=O)N[C@@H](Cc2ccccc2)C(=O)[C@@]2(C)CO2)cc1. The quantitative estimate of drug-likeness (QED) is 0.478. The Morgan fingerprint density at radius 1 is 1.06 bits per heavy atom. The average Bonchev–Trinajstić information content (AvgIpc) is 3.57. The Kier molecular flexibility index (Phi) is 8.00. The minimum atomic E-state index is -0.875. The molecule has 176 valence electrons. The molecule has 1 heterocycles. The van der Waals surface area contributed by atoms with E-state index in [-0.39, 0.29) is 23.9 Å². The van der Waals surface area contributed by atoms with E-state index in [9.17, 15) is 14.4 Å². The molecule has 1 saturated heterocycles. The summed E-state index contributed by atoms with van der Waals surface area (Å²) < 4.78 is 10.5. The lowest BCUT2D eigenvalue weighted by Crippen LogP contribution is -2.50. The summed E-state index contributed by atoms with van der Waals surface area (Å²) in [5.41, 5.74) is 6.70. The lowest BCUT2D eigenvalue weighted by atomic mass is 9.90. The largest absolute Gasteiger partial charge is 0.497 e. The Morgan fingerprint density at radius 2 is 1.67 bits per heavy atom. The second-order valence-electron chi connectivity index (χ2n) is 8.84. The number of rotatable bonds is 12. The van der Waals surface area contributed by atoms with Crippen LogP contribution < -0.4 is 15.8 Å². The number of ketones is 2. The van der Waals surface area contributed by atoms with Crippen LogP contribution in [0.15, 0.2) is 54.6 Å². The topological polar surface area (TPSA) is 111 Å². The van der Waals surface area contributed by atoms with Gasteiger partial charge in [-0.25, -0.2) is 0 Å². The van der Waals surface area contributed by atoms with Crippen LogP contribution in [0.4, 0.5) is 0 Å². The second-order valence-corrected chi connectivity index (χ2v) is 8.84. The monoisotopic (exact) mass is 452 g/mol. The van der Waals surface area contributed by atoms with Crippen molar-refractivity contribution in [2.24, 2.45) is 11.7 Å². The van der Waals surface area contributed by atoms with Gasteiger partial charge in [0.15, 0.2) is 5.78 Å². The van der Waals surface area contributed by atoms with E-state index in [1.165, 1.54) is 0 Å². The maximum Gasteiger partial charge on any atom is 0.224 e. The Balaban J connectivity index is 1.79. The molecule has 0 bridgehead atoms. The number of ether oxygens (including phenoxy) is 2. The van der Waals surface area contributed by atoms with E-state index in [0.717, 1.165) is 11.1 Å². The maximum atomic E-state index is 13.4. The standard InChI is InChI=1S/C26H32N2O5/c1-17(27)23(29)15-20(13-19-9-11-21(32-3)12-10-19)25(31)28-22(24(30)26(2)16-33-26)14-18-7-5-4-6-8-18/h4-12,17,20,22H,13-16,27H2,1-3H3,(H,28,31)/t17?,20-,22+,26-/m1/s1. The fourth-order valence-corrected chi connectivity index (χ4v) is 3.70. The number of epoxide rings is 1. The van der Waals surface area contributed by atoms with Gasteiger partial charge in [-0.1, -0.05) is 42.5 Å². The van der Waals surface area contributed by atoms with E-state index >= 15 is 0 Å². The molecule has 1 aliphatic heterocycles. The minimum absolute atomic E-state index is 0.00442. The predicted octanol–water partition coefficient (Wildman–Crippen LogP) is 2.25. The van der Waals surface area contributed by atoms with Crippen LogP contribution in [0.1, 0.15) is 31.4 Å². The fraction of sp³-hybridized carbons (Fsp3) is 0.423.